The fraction of sp³-hybridized carbons (Fsp3) is 0.500. The van der Waals surface area contributed by atoms with Gasteiger partial charge in [-0.2, -0.15) is 11.3 Å². The number of aliphatic hydroxyl groups is 1. The highest BCUT2D eigenvalue weighted by atomic mass is 32.1. The third-order valence-corrected chi connectivity index (χ3v) is 3.29. The van der Waals surface area contributed by atoms with E-state index in [0.29, 0.717) is 0 Å². The summed E-state index contributed by atoms with van der Waals surface area (Å²) in [5.41, 5.74) is 0.833. The van der Waals surface area contributed by atoms with Crippen molar-refractivity contribution >= 4 is 22.9 Å². The van der Waals surface area contributed by atoms with Crippen molar-refractivity contribution in [2.45, 2.75) is 25.4 Å². The second-order valence-electron chi connectivity index (χ2n) is 3.61. The molecule has 76 valence electrons. The second kappa shape index (κ2) is 4.11. The smallest absolute Gasteiger partial charge is 0.230 e. The lowest BCUT2D eigenvalue weighted by Crippen LogP contribution is -2.28. The van der Waals surface area contributed by atoms with Crippen LogP contribution in [-0.4, -0.2) is 17.1 Å². The van der Waals surface area contributed by atoms with E-state index in [1.807, 2.05) is 16.8 Å². The van der Waals surface area contributed by atoms with Gasteiger partial charge in [-0.05, 0) is 30.7 Å². The Kier molecular flexibility index (Phi) is 2.84. The minimum atomic E-state index is -0.450. The third kappa shape index (κ3) is 1.96. The van der Waals surface area contributed by atoms with Crippen LogP contribution in [-0.2, 0) is 4.79 Å². The highest BCUT2D eigenvalue weighted by Crippen LogP contribution is 2.27. The lowest BCUT2D eigenvalue weighted by molar-refractivity contribution is -0.122. The van der Waals surface area contributed by atoms with E-state index in [0.717, 1.165) is 24.9 Å². The van der Waals surface area contributed by atoms with Gasteiger partial charge < -0.3 is 10.4 Å². The maximum Gasteiger partial charge on any atom is 0.230 e. The predicted molar refractivity (Wildman–Crippen MR) is 56.3 cm³/mol. The monoisotopic (exact) mass is 211 g/mol. The summed E-state index contributed by atoms with van der Waals surface area (Å²) in [5.74, 6) is -0.261. The van der Waals surface area contributed by atoms with E-state index < -0.39 is 6.10 Å². The van der Waals surface area contributed by atoms with Crippen LogP contribution in [0, 0.1) is 5.92 Å². The van der Waals surface area contributed by atoms with Crippen LogP contribution in [0.15, 0.2) is 16.8 Å². The van der Waals surface area contributed by atoms with E-state index in [9.17, 15) is 9.90 Å². The van der Waals surface area contributed by atoms with E-state index in [1.165, 1.54) is 0 Å². The molecule has 2 atom stereocenters. The van der Waals surface area contributed by atoms with Gasteiger partial charge in [-0.25, -0.2) is 0 Å². The van der Waals surface area contributed by atoms with Gasteiger partial charge in [0.05, 0.1) is 17.7 Å². The normalized spacial score (nSPS) is 26.4. The summed E-state index contributed by atoms with van der Waals surface area (Å²) < 4.78 is 0. The van der Waals surface area contributed by atoms with Gasteiger partial charge in [0, 0.05) is 5.38 Å². The molecule has 14 heavy (non-hydrogen) atoms. The summed E-state index contributed by atoms with van der Waals surface area (Å²) in [5, 5.41) is 16.1. The molecule has 1 heterocycles. The third-order valence-electron chi connectivity index (χ3n) is 2.60. The van der Waals surface area contributed by atoms with Crippen molar-refractivity contribution in [1.29, 1.82) is 0 Å². The van der Waals surface area contributed by atoms with Gasteiger partial charge in [-0.15, -0.1) is 0 Å². The first kappa shape index (κ1) is 9.68. The number of hydrogen-bond acceptors (Lipinski definition) is 3. The van der Waals surface area contributed by atoms with Crippen molar-refractivity contribution in [2.24, 2.45) is 5.92 Å². The largest absolute Gasteiger partial charge is 0.392 e. The Morgan fingerprint density at radius 2 is 2.43 bits per heavy atom. The van der Waals surface area contributed by atoms with Crippen LogP contribution < -0.4 is 5.32 Å². The van der Waals surface area contributed by atoms with Gasteiger partial charge in [-0.1, -0.05) is 0 Å². The molecular weight excluding hydrogens is 198 g/mol. The summed E-state index contributed by atoms with van der Waals surface area (Å²) in [6.45, 7) is 0. The first-order valence-corrected chi connectivity index (χ1v) is 5.73. The Hall–Kier alpha value is -0.870. The lowest BCUT2D eigenvalue weighted by atomic mass is 10.1. The van der Waals surface area contributed by atoms with Crippen LogP contribution in [0.3, 0.4) is 0 Å². The summed E-state index contributed by atoms with van der Waals surface area (Å²) in [6, 6.07) is 1.86. The fourth-order valence-corrected chi connectivity index (χ4v) is 2.40. The van der Waals surface area contributed by atoms with E-state index in [4.69, 9.17) is 0 Å². The Morgan fingerprint density at radius 1 is 1.57 bits per heavy atom. The first-order chi connectivity index (χ1) is 6.77. The molecule has 4 heteroatoms. The Bertz CT molecular complexity index is 310. The van der Waals surface area contributed by atoms with Crippen LogP contribution >= 0.6 is 11.3 Å². The van der Waals surface area contributed by atoms with E-state index >= 15 is 0 Å². The maximum absolute atomic E-state index is 11.7. The van der Waals surface area contributed by atoms with E-state index in [-0.39, 0.29) is 11.8 Å². The van der Waals surface area contributed by atoms with Crippen LogP contribution in [0.5, 0.6) is 0 Å². The SMILES string of the molecule is O=C(Nc1ccsc1)C1CCCC1O. The summed E-state index contributed by atoms with van der Waals surface area (Å²) in [4.78, 5) is 11.7. The Morgan fingerprint density at radius 3 is 3.00 bits per heavy atom. The molecule has 0 radical (unpaired) electrons. The van der Waals surface area contributed by atoms with Gasteiger partial charge in [0.2, 0.25) is 5.91 Å². The summed E-state index contributed by atoms with van der Waals surface area (Å²) in [7, 11) is 0. The van der Waals surface area contributed by atoms with Crippen molar-refractivity contribution in [3.05, 3.63) is 16.8 Å². The fourth-order valence-electron chi connectivity index (χ4n) is 1.82. The van der Waals surface area contributed by atoms with Crippen molar-refractivity contribution in [3.8, 4) is 0 Å². The Balaban J connectivity index is 1.95. The maximum atomic E-state index is 11.7. The highest BCUT2D eigenvalue weighted by Gasteiger charge is 2.31. The molecule has 0 spiro atoms. The van der Waals surface area contributed by atoms with Crippen LogP contribution in [0.1, 0.15) is 19.3 Å². The molecule has 0 aromatic carbocycles. The zero-order valence-corrected chi connectivity index (χ0v) is 8.59. The zero-order chi connectivity index (χ0) is 9.97. The molecule has 3 nitrogen and oxygen atoms in total. The van der Waals surface area contributed by atoms with Crippen molar-refractivity contribution in [1.82, 2.24) is 0 Å². The van der Waals surface area contributed by atoms with Crippen molar-refractivity contribution < 1.29 is 9.90 Å². The quantitative estimate of drug-likeness (QED) is 0.784. The minimum Gasteiger partial charge on any atom is -0.392 e. The predicted octanol–water partition coefficient (Wildman–Crippen LogP) is 1.85. The van der Waals surface area contributed by atoms with E-state index in [2.05, 4.69) is 5.32 Å². The molecule has 0 saturated heterocycles. The molecule has 1 amide bonds. The Labute approximate surface area is 86.8 Å². The molecule has 1 saturated carbocycles. The molecule has 1 aromatic rings. The van der Waals surface area contributed by atoms with Gasteiger partial charge >= 0.3 is 0 Å². The summed E-state index contributed by atoms with van der Waals surface area (Å²) in [6.07, 6.45) is 2.05. The molecule has 0 aliphatic heterocycles. The van der Waals surface area contributed by atoms with Gasteiger partial charge in [0.15, 0.2) is 0 Å². The number of carbonyl (C=O) groups is 1. The number of hydrogen-bond donors (Lipinski definition) is 2. The number of amides is 1. The molecule has 2 rings (SSSR count). The van der Waals surface area contributed by atoms with Crippen LogP contribution in [0.25, 0.3) is 0 Å². The zero-order valence-electron chi connectivity index (χ0n) is 7.77. The summed E-state index contributed by atoms with van der Waals surface area (Å²) >= 11 is 1.55. The van der Waals surface area contributed by atoms with E-state index in [1.54, 1.807) is 11.3 Å². The standard InChI is InChI=1S/C10H13NO2S/c12-9-3-1-2-8(9)10(13)11-7-4-5-14-6-7/h4-6,8-9,12H,1-3H2,(H,11,13). The van der Waals surface area contributed by atoms with Gasteiger partial charge in [-0.3, -0.25) is 4.79 Å². The first-order valence-electron chi connectivity index (χ1n) is 4.78. The topological polar surface area (TPSA) is 49.3 Å². The number of aliphatic hydroxyl groups excluding tert-OH is 1. The number of carbonyl (C=O) groups excluding carboxylic acids is 1. The molecule has 2 unspecified atom stereocenters. The van der Waals surface area contributed by atoms with Crippen LogP contribution in [0.4, 0.5) is 5.69 Å². The average molecular weight is 211 g/mol. The van der Waals surface area contributed by atoms with Crippen LogP contribution in [0.2, 0.25) is 0 Å². The number of nitrogens with one attached hydrogen (secondary N) is 1. The number of anilines is 1. The molecule has 1 fully saturated rings. The molecule has 2 N–H and O–H groups in total. The number of thiophene rings is 1. The average Bonchev–Trinajstić information content (AvgIpc) is 2.75. The van der Waals surface area contributed by atoms with Gasteiger partial charge in [0.1, 0.15) is 0 Å². The van der Waals surface area contributed by atoms with Crippen molar-refractivity contribution in [3.63, 3.8) is 0 Å². The second-order valence-corrected chi connectivity index (χ2v) is 4.39. The molecule has 1 aromatic heterocycles. The van der Waals surface area contributed by atoms with Gasteiger partial charge in [0.25, 0.3) is 0 Å². The highest BCUT2D eigenvalue weighted by molar-refractivity contribution is 7.08. The minimum absolute atomic E-state index is 0.0478. The molecule has 1 aliphatic carbocycles. The molecule has 1 aliphatic rings. The molecular formula is C10H13NO2S. The van der Waals surface area contributed by atoms with Crippen molar-refractivity contribution in [2.75, 3.05) is 5.32 Å². The molecule has 0 bridgehead atoms. The lowest BCUT2D eigenvalue weighted by Gasteiger charge is -2.13. The number of rotatable bonds is 2.